The number of hydrazine groups is 1. The molecule has 1 heterocycles. The summed E-state index contributed by atoms with van der Waals surface area (Å²) in [5, 5.41) is 13.7. The fourth-order valence-corrected chi connectivity index (χ4v) is 5.01. The standard InChI is InChI=1S/C28H32N4O2/c1-18-7-6-8-19(13-18)17-34-21-11-9-20(10-12-21)25-22(16-29)27(30)32(31(4)5)23-14-28(2,3)15-24(33)26(23)25/h6-13,25H,14-15,17,30H2,1-5H3. The average molecular weight is 457 g/mol. The Kier molecular flexibility index (Phi) is 6.24. The van der Waals surface area contributed by atoms with Crippen molar-refractivity contribution in [3.63, 3.8) is 0 Å². The topological polar surface area (TPSA) is 82.6 Å². The van der Waals surface area contributed by atoms with Gasteiger partial charge in [0.05, 0.1) is 17.6 Å². The summed E-state index contributed by atoms with van der Waals surface area (Å²) in [6, 6.07) is 18.2. The maximum Gasteiger partial charge on any atom is 0.162 e. The molecule has 0 amide bonds. The Morgan fingerprint density at radius 1 is 1.18 bits per heavy atom. The smallest absolute Gasteiger partial charge is 0.162 e. The molecule has 2 aromatic carbocycles. The molecule has 0 saturated heterocycles. The van der Waals surface area contributed by atoms with Crippen molar-refractivity contribution in [3.8, 4) is 11.8 Å². The summed E-state index contributed by atoms with van der Waals surface area (Å²) in [6.07, 6.45) is 1.15. The SMILES string of the molecule is Cc1cccc(COc2ccc(C3C(C#N)=C(N)N(N(C)C)C4=C3C(=O)CC(C)(C)C4)cc2)c1. The van der Waals surface area contributed by atoms with Crippen LogP contribution >= 0.6 is 0 Å². The number of carbonyl (C=O) groups is 1. The molecule has 0 fully saturated rings. The zero-order valence-electron chi connectivity index (χ0n) is 20.6. The predicted molar refractivity (Wildman–Crippen MR) is 132 cm³/mol. The molecule has 0 spiro atoms. The fourth-order valence-electron chi connectivity index (χ4n) is 5.01. The van der Waals surface area contributed by atoms with E-state index < -0.39 is 5.92 Å². The molecule has 2 aromatic rings. The van der Waals surface area contributed by atoms with Gasteiger partial charge in [-0.3, -0.25) is 9.80 Å². The van der Waals surface area contributed by atoms with E-state index in [1.54, 1.807) is 0 Å². The van der Waals surface area contributed by atoms with Gasteiger partial charge >= 0.3 is 0 Å². The minimum Gasteiger partial charge on any atom is -0.489 e. The predicted octanol–water partition coefficient (Wildman–Crippen LogP) is 4.79. The molecule has 0 radical (unpaired) electrons. The van der Waals surface area contributed by atoms with Crippen molar-refractivity contribution in [1.29, 1.82) is 5.26 Å². The largest absolute Gasteiger partial charge is 0.489 e. The molecule has 2 aliphatic rings. The van der Waals surface area contributed by atoms with E-state index in [0.717, 1.165) is 22.6 Å². The van der Waals surface area contributed by atoms with Crippen molar-refractivity contribution in [2.24, 2.45) is 11.1 Å². The van der Waals surface area contributed by atoms with Gasteiger partial charge in [0, 0.05) is 31.8 Å². The van der Waals surface area contributed by atoms with Crippen molar-refractivity contribution in [2.75, 3.05) is 14.1 Å². The van der Waals surface area contributed by atoms with E-state index in [1.165, 1.54) is 5.56 Å². The number of hydrogen-bond acceptors (Lipinski definition) is 6. The first-order chi connectivity index (χ1) is 16.1. The number of hydrogen-bond donors (Lipinski definition) is 1. The lowest BCUT2D eigenvalue weighted by Crippen LogP contribution is -2.47. The van der Waals surface area contributed by atoms with Crippen LogP contribution in [0.5, 0.6) is 5.75 Å². The van der Waals surface area contributed by atoms with Crippen LogP contribution in [-0.4, -0.2) is 29.9 Å². The number of nitrogens with zero attached hydrogens (tertiary/aromatic N) is 3. The Morgan fingerprint density at radius 2 is 1.88 bits per heavy atom. The highest BCUT2D eigenvalue weighted by molar-refractivity contribution is 6.00. The second-order valence-electron chi connectivity index (χ2n) is 10.2. The molecule has 1 aliphatic carbocycles. The van der Waals surface area contributed by atoms with E-state index in [-0.39, 0.29) is 11.2 Å². The van der Waals surface area contributed by atoms with Gasteiger partial charge in [-0.25, -0.2) is 5.01 Å². The van der Waals surface area contributed by atoms with E-state index >= 15 is 0 Å². The third-order valence-corrected chi connectivity index (χ3v) is 6.46. The quantitative estimate of drug-likeness (QED) is 0.697. The number of carbonyl (C=O) groups excluding carboxylic acids is 1. The highest BCUT2D eigenvalue weighted by atomic mass is 16.5. The number of Topliss-reactive ketones (excluding diaryl/α,β-unsaturated/α-hetero) is 1. The molecular weight excluding hydrogens is 424 g/mol. The van der Waals surface area contributed by atoms with Gasteiger partial charge in [0.2, 0.25) is 0 Å². The van der Waals surface area contributed by atoms with Crippen LogP contribution in [0.2, 0.25) is 0 Å². The first-order valence-corrected chi connectivity index (χ1v) is 11.5. The first-order valence-electron chi connectivity index (χ1n) is 11.5. The average Bonchev–Trinajstić information content (AvgIpc) is 2.76. The molecule has 1 unspecified atom stereocenters. The lowest BCUT2D eigenvalue weighted by atomic mass is 9.69. The van der Waals surface area contributed by atoms with Crippen LogP contribution in [0.1, 0.15) is 49.3 Å². The Bertz CT molecular complexity index is 1220. The maximum absolute atomic E-state index is 13.4. The summed E-state index contributed by atoms with van der Waals surface area (Å²) in [6.45, 7) is 6.72. The van der Waals surface area contributed by atoms with Gasteiger partial charge in [-0.15, -0.1) is 0 Å². The van der Waals surface area contributed by atoms with E-state index in [9.17, 15) is 10.1 Å². The normalized spacial score (nSPS) is 19.9. The van der Waals surface area contributed by atoms with Crippen LogP contribution in [-0.2, 0) is 11.4 Å². The fraction of sp³-hybridized carbons (Fsp3) is 0.357. The van der Waals surface area contributed by atoms with Gasteiger partial charge < -0.3 is 10.5 Å². The second kappa shape index (κ2) is 9.00. The number of ether oxygens (including phenoxy) is 1. The minimum absolute atomic E-state index is 0.0723. The Morgan fingerprint density at radius 3 is 2.50 bits per heavy atom. The summed E-state index contributed by atoms with van der Waals surface area (Å²) in [4.78, 5) is 13.4. The molecule has 34 heavy (non-hydrogen) atoms. The number of nitriles is 1. The van der Waals surface area contributed by atoms with E-state index in [1.807, 2.05) is 60.5 Å². The van der Waals surface area contributed by atoms with Gasteiger partial charge in [-0.05, 0) is 42.0 Å². The van der Waals surface area contributed by atoms with Gasteiger partial charge in [-0.1, -0.05) is 55.8 Å². The van der Waals surface area contributed by atoms with Gasteiger partial charge in [0.1, 0.15) is 18.2 Å². The number of benzene rings is 2. The molecule has 0 saturated carbocycles. The summed E-state index contributed by atoms with van der Waals surface area (Å²) in [5.74, 6) is 0.701. The monoisotopic (exact) mass is 456 g/mol. The summed E-state index contributed by atoms with van der Waals surface area (Å²) in [7, 11) is 3.75. The van der Waals surface area contributed by atoms with Crippen LogP contribution in [0.15, 0.2) is 71.2 Å². The first kappa shape index (κ1) is 23.6. The molecular formula is C28H32N4O2. The molecule has 6 nitrogen and oxygen atoms in total. The number of ketones is 1. The summed E-state index contributed by atoms with van der Waals surface area (Å²) in [5.41, 5.74) is 11.5. The number of allylic oxidation sites excluding steroid dienone is 3. The maximum atomic E-state index is 13.4. The third-order valence-electron chi connectivity index (χ3n) is 6.46. The highest BCUT2D eigenvalue weighted by Gasteiger charge is 2.44. The highest BCUT2D eigenvalue weighted by Crippen LogP contribution is 2.49. The number of rotatable bonds is 5. The molecule has 176 valence electrons. The number of aryl methyl sites for hydroxylation is 1. The van der Waals surface area contributed by atoms with Gasteiger partial charge in [-0.2, -0.15) is 5.26 Å². The number of nitrogens with two attached hydrogens (primary N) is 1. The van der Waals surface area contributed by atoms with E-state index in [2.05, 4.69) is 39.0 Å². The van der Waals surface area contributed by atoms with Crippen molar-refractivity contribution in [3.05, 3.63) is 87.9 Å². The molecule has 0 bridgehead atoms. The summed E-state index contributed by atoms with van der Waals surface area (Å²) < 4.78 is 5.97. The zero-order valence-corrected chi connectivity index (χ0v) is 20.6. The lowest BCUT2D eigenvalue weighted by molar-refractivity contribution is -0.119. The van der Waals surface area contributed by atoms with Crippen LogP contribution in [0.4, 0.5) is 0 Å². The molecule has 1 atom stereocenters. The van der Waals surface area contributed by atoms with Gasteiger partial charge in [0.15, 0.2) is 5.78 Å². The molecule has 4 rings (SSSR count). The van der Waals surface area contributed by atoms with E-state index in [4.69, 9.17) is 10.5 Å². The van der Waals surface area contributed by atoms with Gasteiger partial charge in [0.25, 0.3) is 0 Å². The van der Waals surface area contributed by atoms with Crippen LogP contribution < -0.4 is 10.5 Å². The second-order valence-corrected chi connectivity index (χ2v) is 10.2. The van der Waals surface area contributed by atoms with Crippen LogP contribution in [0.25, 0.3) is 0 Å². The zero-order chi connectivity index (χ0) is 24.6. The van der Waals surface area contributed by atoms with Crippen molar-refractivity contribution >= 4 is 5.78 Å². The van der Waals surface area contributed by atoms with Crippen LogP contribution in [0.3, 0.4) is 0 Å². The van der Waals surface area contributed by atoms with E-state index in [0.29, 0.717) is 36.4 Å². The third kappa shape index (κ3) is 4.44. The van der Waals surface area contributed by atoms with Crippen molar-refractivity contribution in [1.82, 2.24) is 10.0 Å². The Hall–Kier alpha value is -3.56. The Labute approximate surface area is 201 Å². The molecule has 2 N–H and O–H groups in total. The summed E-state index contributed by atoms with van der Waals surface area (Å²) >= 11 is 0. The van der Waals surface area contributed by atoms with Crippen molar-refractivity contribution in [2.45, 2.75) is 46.1 Å². The lowest BCUT2D eigenvalue weighted by Gasteiger charge is -2.45. The van der Waals surface area contributed by atoms with Crippen molar-refractivity contribution < 1.29 is 9.53 Å². The minimum atomic E-state index is -0.481. The Balaban J connectivity index is 1.69. The molecule has 0 aromatic heterocycles. The molecule has 6 heteroatoms. The molecule has 1 aliphatic heterocycles. The van der Waals surface area contributed by atoms with Crippen LogP contribution in [0, 0.1) is 23.7 Å².